The molecular weight excluding hydrogens is 284 g/mol. The standard InChI is InChI=1S/C12H15ClN2O.CH2O3/c13-9-5-7-11(8-6-9)15-12(16)14-10-3-1-2-4-10;2-1(3)4/h5-8,10H,1-4H2,(H2,14,15,16);(H2,2,3,4). The van der Waals surface area contributed by atoms with Crippen LogP contribution in [0.2, 0.25) is 5.02 Å². The highest BCUT2D eigenvalue weighted by Crippen LogP contribution is 2.18. The maximum atomic E-state index is 11.6. The monoisotopic (exact) mass is 300 g/mol. The van der Waals surface area contributed by atoms with Gasteiger partial charge in [-0.15, -0.1) is 0 Å². The van der Waals surface area contributed by atoms with Gasteiger partial charge in [0.1, 0.15) is 0 Å². The lowest BCUT2D eigenvalue weighted by Crippen LogP contribution is -2.36. The summed E-state index contributed by atoms with van der Waals surface area (Å²) in [6.07, 6.45) is 2.78. The van der Waals surface area contributed by atoms with Gasteiger partial charge in [-0.2, -0.15) is 0 Å². The molecule has 0 saturated heterocycles. The minimum absolute atomic E-state index is 0.130. The number of urea groups is 1. The van der Waals surface area contributed by atoms with Gasteiger partial charge in [-0.3, -0.25) is 0 Å². The summed E-state index contributed by atoms with van der Waals surface area (Å²) in [5.41, 5.74) is 0.764. The topological polar surface area (TPSA) is 98.7 Å². The quantitative estimate of drug-likeness (QED) is 0.670. The van der Waals surface area contributed by atoms with Crippen molar-refractivity contribution in [3.05, 3.63) is 29.3 Å². The second kappa shape index (κ2) is 8.27. The third kappa shape index (κ3) is 6.84. The number of anilines is 1. The van der Waals surface area contributed by atoms with Gasteiger partial charge in [-0.05, 0) is 37.1 Å². The summed E-state index contributed by atoms with van der Waals surface area (Å²) < 4.78 is 0. The maximum absolute atomic E-state index is 11.6. The first-order valence-electron chi connectivity index (χ1n) is 6.22. The van der Waals surface area contributed by atoms with Gasteiger partial charge in [0.05, 0.1) is 0 Å². The Morgan fingerprint density at radius 3 is 2.10 bits per heavy atom. The van der Waals surface area contributed by atoms with Crippen molar-refractivity contribution >= 4 is 29.5 Å². The zero-order chi connectivity index (χ0) is 15.0. The third-order valence-corrected chi connectivity index (χ3v) is 3.04. The first kappa shape index (κ1) is 16.1. The van der Waals surface area contributed by atoms with Crippen molar-refractivity contribution in [1.29, 1.82) is 0 Å². The molecule has 7 heteroatoms. The number of amides is 2. The molecule has 110 valence electrons. The average molecular weight is 301 g/mol. The Morgan fingerprint density at radius 2 is 1.60 bits per heavy atom. The number of halogens is 1. The second-order valence-electron chi connectivity index (χ2n) is 4.37. The number of hydrogen-bond acceptors (Lipinski definition) is 2. The molecule has 1 aliphatic rings. The van der Waals surface area contributed by atoms with Gasteiger partial charge in [0.2, 0.25) is 0 Å². The molecule has 0 radical (unpaired) electrons. The van der Waals surface area contributed by atoms with Crippen LogP contribution in [-0.2, 0) is 0 Å². The summed E-state index contributed by atoms with van der Waals surface area (Å²) in [4.78, 5) is 20.2. The van der Waals surface area contributed by atoms with Gasteiger partial charge in [0, 0.05) is 16.8 Å². The van der Waals surface area contributed by atoms with Crippen LogP contribution >= 0.6 is 11.6 Å². The Hall–Kier alpha value is -1.95. The molecule has 20 heavy (non-hydrogen) atoms. The molecule has 0 aliphatic heterocycles. The van der Waals surface area contributed by atoms with E-state index in [2.05, 4.69) is 10.6 Å². The van der Waals surface area contributed by atoms with Gasteiger partial charge >= 0.3 is 12.2 Å². The summed E-state index contributed by atoms with van der Waals surface area (Å²) in [6, 6.07) is 7.30. The van der Waals surface area contributed by atoms with Crippen LogP contribution in [0.5, 0.6) is 0 Å². The van der Waals surface area contributed by atoms with E-state index in [1.165, 1.54) is 12.8 Å². The molecular formula is C13H17ClN2O4. The van der Waals surface area contributed by atoms with Crippen LogP contribution < -0.4 is 10.6 Å². The summed E-state index contributed by atoms with van der Waals surface area (Å²) in [7, 11) is 0. The SMILES string of the molecule is O=C(Nc1ccc(Cl)cc1)NC1CCCC1.O=C(O)O. The van der Waals surface area contributed by atoms with E-state index >= 15 is 0 Å². The number of nitrogens with one attached hydrogen (secondary N) is 2. The van der Waals surface area contributed by atoms with E-state index in [0.29, 0.717) is 11.1 Å². The molecule has 4 N–H and O–H groups in total. The van der Waals surface area contributed by atoms with Gasteiger partial charge in [-0.1, -0.05) is 24.4 Å². The van der Waals surface area contributed by atoms with E-state index < -0.39 is 6.16 Å². The molecule has 2 rings (SSSR count). The second-order valence-corrected chi connectivity index (χ2v) is 4.81. The minimum atomic E-state index is -1.83. The van der Waals surface area contributed by atoms with Crippen LogP contribution in [0.4, 0.5) is 15.3 Å². The molecule has 0 heterocycles. The molecule has 1 fully saturated rings. The minimum Gasteiger partial charge on any atom is -0.450 e. The van der Waals surface area contributed by atoms with Gasteiger partial charge in [0.25, 0.3) is 0 Å². The lowest BCUT2D eigenvalue weighted by molar-refractivity contribution is 0.137. The first-order chi connectivity index (χ1) is 9.47. The first-order valence-corrected chi connectivity index (χ1v) is 6.60. The molecule has 0 aromatic heterocycles. The third-order valence-electron chi connectivity index (χ3n) is 2.79. The van der Waals surface area contributed by atoms with Crippen molar-refractivity contribution in [1.82, 2.24) is 5.32 Å². The molecule has 1 aromatic rings. The Balaban J connectivity index is 0.000000444. The number of benzene rings is 1. The average Bonchev–Trinajstić information content (AvgIpc) is 2.84. The molecule has 0 unspecified atom stereocenters. The molecule has 1 aromatic carbocycles. The molecule has 0 spiro atoms. The highest BCUT2D eigenvalue weighted by molar-refractivity contribution is 6.30. The van der Waals surface area contributed by atoms with Gasteiger partial charge in [-0.25, -0.2) is 9.59 Å². The van der Waals surface area contributed by atoms with E-state index in [0.717, 1.165) is 18.5 Å². The van der Waals surface area contributed by atoms with Crippen molar-refractivity contribution in [2.75, 3.05) is 5.32 Å². The summed E-state index contributed by atoms with van der Waals surface area (Å²) in [6.45, 7) is 0. The number of carbonyl (C=O) groups is 2. The predicted octanol–water partition coefficient (Wildman–Crippen LogP) is 3.63. The largest absolute Gasteiger partial charge is 0.503 e. The fourth-order valence-corrected chi connectivity index (χ4v) is 2.08. The molecule has 2 amide bonds. The number of rotatable bonds is 2. The molecule has 1 aliphatic carbocycles. The van der Waals surface area contributed by atoms with E-state index in [1.807, 2.05) is 0 Å². The highest BCUT2D eigenvalue weighted by Gasteiger charge is 2.16. The lowest BCUT2D eigenvalue weighted by atomic mass is 10.2. The molecule has 0 atom stereocenters. The van der Waals surface area contributed by atoms with E-state index in [4.69, 9.17) is 26.6 Å². The van der Waals surface area contributed by atoms with Crippen molar-refractivity contribution < 1.29 is 19.8 Å². The Labute approximate surface area is 121 Å². The van der Waals surface area contributed by atoms with Crippen molar-refractivity contribution in [2.24, 2.45) is 0 Å². The predicted molar refractivity (Wildman–Crippen MR) is 76.5 cm³/mol. The zero-order valence-corrected chi connectivity index (χ0v) is 11.6. The number of carboxylic acid groups (broad SMARTS) is 2. The van der Waals surface area contributed by atoms with Crippen LogP contribution in [-0.4, -0.2) is 28.4 Å². The van der Waals surface area contributed by atoms with Crippen molar-refractivity contribution in [3.63, 3.8) is 0 Å². The highest BCUT2D eigenvalue weighted by atomic mass is 35.5. The number of carbonyl (C=O) groups excluding carboxylic acids is 1. The van der Waals surface area contributed by atoms with E-state index in [9.17, 15) is 4.79 Å². The smallest absolute Gasteiger partial charge is 0.450 e. The fourth-order valence-electron chi connectivity index (χ4n) is 1.96. The summed E-state index contributed by atoms with van der Waals surface area (Å²) >= 11 is 5.76. The van der Waals surface area contributed by atoms with Gasteiger partial charge in [0.15, 0.2) is 0 Å². The number of hydrogen-bond donors (Lipinski definition) is 4. The lowest BCUT2D eigenvalue weighted by Gasteiger charge is -2.12. The van der Waals surface area contributed by atoms with Crippen LogP contribution in [0.15, 0.2) is 24.3 Å². The van der Waals surface area contributed by atoms with Gasteiger partial charge < -0.3 is 20.8 Å². The van der Waals surface area contributed by atoms with E-state index in [-0.39, 0.29) is 6.03 Å². The molecule has 1 saturated carbocycles. The van der Waals surface area contributed by atoms with Crippen LogP contribution in [0.3, 0.4) is 0 Å². The fraction of sp³-hybridized carbons (Fsp3) is 0.385. The van der Waals surface area contributed by atoms with Crippen LogP contribution in [0, 0.1) is 0 Å². The molecule has 6 nitrogen and oxygen atoms in total. The maximum Gasteiger partial charge on any atom is 0.503 e. The van der Waals surface area contributed by atoms with E-state index in [1.54, 1.807) is 24.3 Å². The Bertz CT molecular complexity index is 440. The summed E-state index contributed by atoms with van der Waals surface area (Å²) in [5, 5.41) is 20.4. The van der Waals surface area contributed by atoms with Crippen LogP contribution in [0.25, 0.3) is 0 Å². The van der Waals surface area contributed by atoms with Crippen molar-refractivity contribution in [3.8, 4) is 0 Å². The Kier molecular flexibility index (Phi) is 6.66. The van der Waals surface area contributed by atoms with Crippen molar-refractivity contribution in [2.45, 2.75) is 31.7 Å². The zero-order valence-electron chi connectivity index (χ0n) is 10.8. The van der Waals surface area contributed by atoms with Crippen LogP contribution in [0.1, 0.15) is 25.7 Å². The molecule has 0 bridgehead atoms. The Morgan fingerprint density at radius 1 is 1.10 bits per heavy atom. The normalized spacial score (nSPS) is 14.1. The summed E-state index contributed by atoms with van der Waals surface area (Å²) in [5.74, 6) is 0.